The lowest BCUT2D eigenvalue weighted by atomic mass is 10.0. The first-order chi connectivity index (χ1) is 18.6. The second-order valence-corrected chi connectivity index (χ2v) is 10.8. The lowest BCUT2D eigenvalue weighted by Crippen LogP contribution is -2.51. The Bertz CT molecular complexity index is 1250. The second-order valence-electron chi connectivity index (χ2n) is 10.8. The van der Waals surface area contributed by atoms with Crippen molar-refractivity contribution in [3.05, 3.63) is 78.4 Å². The first kappa shape index (κ1) is 29.7. The summed E-state index contributed by atoms with van der Waals surface area (Å²) in [5.41, 5.74) is 0.654. The quantitative estimate of drug-likeness (QED) is 0.265. The van der Waals surface area contributed by atoms with Crippen LogP contribution in [0.1, 0.15) is 71.9 Å². The number of carbonyl (C=O) groups excluding carboxylic acids is 3. The highest BCUT2D eigenvalue weighted by atomic mass is 16.6. The molecular formula is C32H41N3O4. The number of hydrogen-bond donors (Lipinski definition) is 2. The molecule has 0 aromatic heterocycles. The number of benzene rings is 3. The van der Waals surface area contributed by atoms with Gasteiger partial charge in [0.05, 0.1) is 0 Å². The maximum Gasteiger partial charge on any atom is 0.408 e. The van der Waals surface area contributed by atoms with Gasteiger partial charge in [-0.15, -0.1) is 0 Å². The zero-order chi connectivity index (χ0) is 28.4. The summed E-state index contributed by atoms with van der Waals surface area (Å²) in [4.78, 5) is 41.8. The molecule has 0 aliphatic heterocycles. The molecule has 39 heavy (non-hydrogen) atoms. The first-order valence-electron chi connectivity index (χ1n) is 13.7. The van der Waals surface area contributed by atoms with Crippen molar-refractivity contribution in [1.29, 1.82) is 0 Å². The number of nitrogens with one attached hydrogen (secondary N) is 2. The monoisotopic (exact) mass is 531 g/mol. The van der Waals surface area contributed by atoms with E-state index in [0.29, 0.717) is 17.8 Å². The topological polar surface area (TPSA) is 87.7 Å². The van der Waals surface area contributed by atoms with E-state index in [-0.39, 0.29) is 11.8 Å². The Morgan fingerprint density at radius 2 is 1.54 bits per heavy atom. The van der Waals surface area contributed by atoms with Gasteiger partial charge in [0, 0.05) is 12.2 Å². The van der Waals surface area contributed by atoms with Gasteiger partial charge in [-0.25, -0.2) is 4.79 Å². The highest BCUT2D eigenvalue weighted by Crippen LogP contribution is 2.26. The molecule has 0 saturated heterocycles. The van der Waals surface area contributed by atoms with E-state index < -0.39 is 23.8 Å². The van der Waals surface area contributed by atoms with Gasteiger partial charge in [0.25, 0.3) is 5.91 Å². The van der Waals surface area contributed by atoms with Crippen molar-refractivity contribution < 1.29 is 19.1 Å². The Hall–Kier alpha value is -3.87. The lowest BCUT2D eigenvalue weighted by molar-refractivity contribution is -0.140. The van der Waals surface area contributed by atoms with E-state index in [2.05, 4.69) is 17.6 Å². The predicted molar refractivity (Wildman–Crippen MR) is 156 cm³/mol. The van der Waals surface area contributed by atoms with Crippen LogP contribution in [0, 0.1) is 0 Å². The summed E-state index contributed by atoms with van der Waals surface area (Å²) in [5.74, 6) is -0.662. The highest BCUT2D eigenvalue weighted by Gasteiger charge is 2.34. The van der Waals surface area contributed by atoms with E-state index in [4.69, 9.17) is 4.74 Å². The van der Waals surface area contributed by atoms with Crippen LogP contribution in [0.25, 0.3) is 10.8 Å². The number of carbonyl (C=O) groups is 3. The minimum absolute atomic E-state index is 0.315. The molecule has 0 saturated carbocycles. The van der Waals surface area contributed by atoms with Gasteiger partial charge in [-0.3, -0.25) is 9.59 Å². The minimum Gasteiger partial charge on any atom is -0.444 e. The van der Waals surface area contributed by atoms with Crippen molar-refractivity contribution in [3.63, 3.8) is 0 Å². The second kappa shape index (κ2) is 13.8. The summed E-state index contributed by atoms with van der Waals surface area (Å²) in [5, 5.41) is 7.77. The fourth-order valence-electron chi connectivity index (χ4n) is 4.46. The van der Waals surface area contributed by atoms with Gasteiger partial charge in [-0.1, -0.05) is 86.8 Å². The SMILES string of the molecule is CCCCCCN(C(=O)C(C)NC(=O)OC(C)(C)C)C(C(=O)Nc1ccc2ccccc2c1)c1ccccc1. The van der Waals surface area contributed by atoms with Crippen molar-refractivity contribution in [2.24, 2.45) is 0 Å². The summed E-state index contributed by atoms with van der Waals surface area (Å²) < 4.78 is 5.36. The van der Waals surface area contributed by atoms with Crippen LogP contribution in [0.4, 0.5) is 10.5 Å². The van der Waals surface area contributed by atoms with Crippen LogP contribution < -0.4 is 10.6 Å². The molecule has 3 aromatic rings. The number of alkyl carbamates (subject to hydrolysis) is 1. The van der Waals surface area contributed by atoms with E-state index in [1.807, 2.05) is 72.8 Å². The van der Waals surface area contributed by atoms with E-state index in [1.165, 1.54) is 0 Å². The predicted octanol–water partition coefficient (Wildman–Crippen LogP) is 6.84. The molecule has 0 radical (unpaired) electrons. The fourth-order valence-corrected chi connectivity index (χ4v) is 4.46. The van der Waals surface area contributed by atoms with Crippen molar-refractivity contribution in [1.82, 2.24) is 10.2 Å². The van der Waals surface area contributed by atoms with Gasteiger partial charge in [0.1, 0.15) is 17.7 Å². The van der Waals surface area contributed by atoms with Crippen molar-refractivity contribution in [3.8, 4) is 0 Å². The molecule has 2 N–H and O–H groups in total. The van der Waals surface area contributed by atoms with Crippen molar-refractivity contribution in [2.45, 2.75) is 78.0 Å². The van der Waals surface area contributed by atoms with Gasteiger partial charge < -0.3 is 20.3 Å². The molecule has 2 unspecified atom stereocenters. The van der Waals surface area contributed by atoms with E-state index >= 15 is 0 Å². The molecule has 3 amide bonds. The van der Waals surface area contributed by atoms with E-state index in [0.717, 1.165) is 36.5 Å². The van der Waals surface area contributed by atoms with Gasteiger partial charge in [-0.2, -0.15) is 0 Å². The molecule has 2 atom stereocenters. The van der Waals surface area contributed by atoms with E-state index in [9.17, 15) is 14.4 Å². The number of unbranched alkanes of at least 4 members (excludes halogenated alkanes) is 3. The smallest absolute Gasteiger partial charge is 0.408 e. The molecule has 0 fully saturated rings. The summed E-state index contributed by atoms with van der Waals surface area (Å²) >= 11 is 0. The number of hydrogen-bond acceptors (Lipinski definition) is 4. The van der Waals surface area contributed by atoms with Crippen LogP contribution >= 0.6 is 0 Å². The Kier molecular flexibility index (Phi) is 10.5. The number of anilines is 1. The van der Waals surface area contributed by atoms with E-state index in [1.54, 1.807) is 32.6 Å². The summed E-state index contributed by atoms with van der Waals surface area (Å²) in [6.07, 6.45) is 3.08. The zero-order valence-electron chi connectivity index (χ0n) is 23.7. The molecule has 208 valence electrons. The van der Waals surface area contributed by atoms with Gasteiger partial charge in [0.2, 0.25) is 5.91 Å². The van der Waals surface area contributed by atoms with Gasteiger partial charge >= 0.3 is 6.09 Å². The number of nitrogens with zero attached hydrogens (tertiary/aromatic N) is 1. The van der Waals surface area contributed by atoms with Crippen LogP contribution in [0.3, 0.4) is 0 Å². The van der Waals surface area contributed by atoms with Crippen LogP contribution in [0.2, 0.25) is 0 Å². The molecule has 0 spiro atoms. The van der Waals surface area contributed by atoms with Crippen LogP contribution in [-0.2, 0) is 14.3 Å². The first-order valence-corrected chi connectivity index (χ1v) is 13.7. The third-order valence-corrected chi connectivity index (χ3v) is 6.33. The number of fused-ring (bicyclic) bond motifs is 1. The molecule has 7 nitrogen and oxygen atoms in total. The summed E-state index contributed by atoms with van der Waals surface area (Å²) in [6.45, 7) is 9.42. The van der Waals surface area contributed by atoms with Crippen LogP contribution in [0.5, 0.6) is 0 Å². The number of rotatable bonds is 11. The molecule has 0 aliphatic rings. The molecule has 3 aromatic carbocycles. The van der Waals surface area contributed by atoms with Crippen molar-refractivity contribution in [2.75, 3.05) is 11.9 Å². The average Bonchev–Trinajstić information content (AvgIpc) is 2.89. The van der Waals surface area contributed by atoms with Gasteiger partial charge in [-0.05, 0) is 62.6 Å². The maximum atomic E-state index is 13.9. The molecule has 0 heterocycles. The summed E-state index contributed by atoms with van der Waals surface area (Å²) in [7, 11) is 0. The molecule has 3 rings (SSSR count). The third kappa shape index (κ3) is 8.84. The maximum absolute atomic E-state index is 13.9. The Morgan fingerprint density at radius 1 is 0.872 bits per heavy atom. The third-order valence-electron chi connectivity index (χ3n) is 6.33. The average molecular weight is 532 g/mol. The van der Waals surface area contributed by atoms with Crippen LogP contribution in [-0.4, -0.2) is 41.0 Å². The Balaban J connectivity index is 1.91. The highest BCUT2D eigenvalue weighted by molar-refractivity contribution is 6.00. The molecule has 0 bridgehead atoms. The largest absolute Gasteiger partial charge is 0.444 e. The normalized spacial score (nSPS) is 12.8. The number of ether oxygens (including phenoxy) is 1. The molecular weight excluding hydrogens is 490 g/mol. The van der Waals surface area contributed by atoms with Crippen LogP contribution in [0.15, 0.2) is 72.8 Å². The minimum atomic E-state index is -0.884. The Labute approximate surface area is 231 Å². The molecule has 0 aliphatic carbocycles. The fraction of sp³-hybridized carbons (Fsp3) is 0.406. The molecule has 7 heteroatoms. The standard InChI is InChI=1S/C32H41N3O4/c1-6-7-8-14-21-35(30(37)23(2)33-31(38)39-32(3,4)5)28(25-16-10-9-11-17-25)29(36)34-27-20-19-24-15-12-13-18-26(24)22-27/h9-13,15-20,22-23,28H,6-8,14,21H2,1-5H3,(H,33,38)(H,34,36). The summed E-state index contributed by atoms with van der Waals surface area (Å²) in [6, 6.07) is 21.2. The zero-order valence-corrected chi connectivity index (χ0v) is 23.7. The van der Waals surface area contributed by atoms with Crippen molar-refractivity contribution >= 4 is 34.4 Å². The number of amides is 3. The lowest BCUT2D eigenvalue weighted by Gasteiger charge is -2.33. The Morgan fingerprint density at radius 3 is 2.21 bits per heavy atom. The van der Waals surface area contributed by atoms with Gasteiger partial charge in [0.15, 0.2) is 0 Å².